The first-order chi connectivity index (χ1) is 12.1. The second-order valence-electron chi connectivity index (χ2n) is 6.91. The van der Waals surface area contributed by atoms with Gasteiger partial charge in [-0.25, -0.2) is 0 Å². The molecule has 0 spiro atoms. The summed E-state index contributed by atoms with van der Waals surface area (Å²) in [7, 11) is 1.70. The summed E-state index contributed by atoms with van der Waals surface area (Å²) in [6, 6.07) is 0.676. The zero-order valence-corrected chi connectivity index (χ0v) is 15.6. The number of ether oxygens (including phenoxy) is 2. The van der Waals surface area contributed by atoms with Gasteiger partial charge < -0.3 is 14.8 Å². The number of aryl methyl sites for hydroxylation is 1. The van der Waals surface area contributed by atoms with E-state index in [1.807, 2.05) is 15.6 Å². The molecule has 0 saturated carbocycles. The Labute approximate surface area is 149 Å². The maximum atomic E-state index is 5.96. The SMILES string of the molecule is COCCn1cc([C@H]2OCC[C@@H]2NCc2cn(C(C)C)nc2C)cn1. The van der Waals surface area contributed by atoms with Crippen molar-refractivity contribution in [3.8, 4) is 0 Å². The lowest BCUT2D eigenvalue weighted by Crippen LogP contribution is -2.31. The van der Waals surface area contributed by atoms with Crippen molar-refractivity contribution >= 4 is 0 Å². The highest BCUT2D eigenvalue weighted by Gasteiger charge is 2.30. The highest BCUT2D eigenvalue weighted by molar-refractivity contribution is 5.17. The van der Waals surface area contributed by atoms with Crippen LogP contribution in [0.1, 0.15) is 49.2 Å². The third kappa shape index (κ3) is 4.29. The van der Waals surface area contributed by atoms with Gasteiger partial charge in [0.15, 0.2) is 0 Å². The summed E-state index contributed by atoms with van der Waals surface area (Å²) < 4.78 is 15.0. The molecule has 0 radical (unpaired) electrons. The van der Waals surface area contributed by atoms with Crippen molar-refractivity contribution < 1.29 is 9.47 Å². The second-order valence-corrected chi connectivity index (χ2v) is 6.91. The Balaban J connectivity index is 1.61. The van der Waals surface area contributed by atoms with E-state index >= 15 is 0 Å². The quantitative estimate of drug-likeness (QED) is 0.793. The van der Waals surface area contributed by atoms with E-state index in [2.05, 4.69) is 48.7 Å². The molecule has 7 heteroatoms. The number of methoxy groups -OCH3 is 1. The molecule has 0 amide bonds. The Kier molecular flexibility index (Phi) is 5.88. The van der Waals surface area contributed by atoms with Gasteiger partial charge in [-0.1, -0.05) is 0 Å². The van der Waals surface area contributed by atoms with Crippen molar-refractivity contribution in [3.63, 3.8) is 0 Å². The zero-order chi connectivity index (χ0) is 17.8. The highest BCUT2D eigenvalue weighted by Crippen LogP contribution is 2.29. The van der Waals surface area contributed by atoms with Gasteiger partial charge >= 0.3 is 0 Å². The number of rotatable bonds is 8. The van der Waals surface area contributed by atoms with E-state index in [0.29, 0.717) is 18.7 Å². The van der Waals surface area contributed by atoms with Gasteiger partial charge in [-0.2, -0.15) is 10.2 Å². The van der Waals surface area contributed by atoms with Crippen LogP contribution in [0.3, 0.4) is 0 Å². The molecule has 0 aromatic carbocycles. The molecule has 0 unspecified atom stereocenters. The standard InChI is InChI=1S/C18H29N5O2/c1-13(2)23-12-15(14(3)21-23)9-19-17-5-7-25-18(17)16-10-20-22(11-16)6-8-24-4/h10-13,17-19H,5-9H2,1-4H3/t17-,18+/m0/s1. The number of nitrogens with one attached hydrogen (secondary N) is 1. The highest BCUT2D eigenvalue weighted by atomic mass is 16.5. The maximum absolute atomic E-state index is 5.96. The largest absolute Gasteiger partial charge is 0.383 e. The summed E-state index contributed by atoms with van der Waals surface area (Å²) >= 11 is 0. The summed E-state index contributed by atoms with van der Waals surface area (Å²) in [5, 5.41) is 12.6. The minimum absolute atomic E-state index is 0.0525. The maximum Gasteiger partial charge on any atom is 0.101 e. The van der Waals surface area contributed by atoms with E-state index < -0.39 is 0 Å². The molecule has 3 rings (SSSR count). The van der Waals surface area contributed by atoms with Gasteiger partial charge in [0, 0.05) is 55.9 Å². The van der Waals surface area contributed by atoms with Gasteiger partial charge in [-0.3, -0.25) is 9.36 Å². The minimum Gasteiger partial charge on any atom is -0.383 e. The molecule has 2 aromatic rings. The van der Waals surface area contributed by atoms with E-state index in [9.17, 15) is 0 Å². The van der Waals surface area contributed by atoms with Gasteiger partial charge in [-0.15, -0.1) is 0 Å². The van der Waals surface area contributed by atoms with Crippen LogP contribution in [-0.4, -0.2) is 45.9 Å². The van der Waals surface area contributed by atoms with Crippen molar-refractivity contribution in [3.05, 3.63) is 35.4 Å². The average Bonchev–Trinajstić information content (AvgIpc) is 3.30. The van der Waals surface area contributed by atoms with Gasteiger partial charge in [0.1, 0.15) is 6.10 Å². The van der Waals surface area contributed by atoms with E-state index in [1.54, 1.807) is 7.11 Å². The molecule has 1 fully saturated rings. The summed E-state index contributed by atoms with van der Waals surface area (Å²) in [5.74, 6) is 0. The Bertz CT molecular complexity index is 679. The summed E-state index contributed by atoms with van der Waals surface area (Å²) in [4.78, 5) is 0. The Morgan fingerprint density at radius 3 is 2.96 bits per heavy atom. The third-order valence-electron chi connectivity index (χ3n) is 4.70. The molecule has 2 atom stereocenters. The predicted molar refractivity (Wildman–Crippen MR) is 95.4 cm³/mol. The molecule has 1 aliphatic heterocycles. The number of aromatic nitrogens is 4. The van der Waals surface area contributed by atoms with E-state index in [0.717, 1.165) is 37.4 Å². The molecular weight excluding hydrogens is 318 g/mol. The topological polar surface area (TPSA) is 66.1 Å². The molecule has 0 aliphatic carbocycles. The molecule has 0 bridgehead atoms. The number of hydrogen-bond donors (Lipinski definition) is 1. The molecule has 3 heterocycles. The van der Waals surface area contributed by atoms with Crippen LogP contribution in [0.4, 0.5) is 0 Å². The predicted octanol–water partition coefficient (Wildman–Crippen LogP) is 2.24. The molecule has 1 N–H and O–H groups in total. The molecular formula is C18H29N5O2. The first kappa shape index (κ1) is 18.1. The van der Waals surface area contributed by atoms with E-state index in [-0.39, 0.29) is 6.10 Å². The van der Waals surface area contributed by atoms with Gasteiger partial charge in [0.2, 0.25) is 0 Å². The van der Waals surface area contributed by atoms with Crippen LogP contribution in [0.15, 0.2) is 18.6 Å². The second kappa shape index (κ2) is 8.12. The van der Waals surface area contributed by atoms with Crippen LogP contribution >= 0.6 is 0 Å². The average molecular weight is 347 g/mol. The third-order valence-corrected chi connectivity index (χ3v) is 4.70. The Morgan fingerprint density at radius 2 is 2.24 bits per heavy atom. The van der Waals surface area contributed by atoms with Crippen molar-refractivity contribution in [2.75, 3.05) is 20.3 Å². The molecule has 138 valence electrons. The fourth-order valence-corrected chi connectivity index (χ4v) is 3.16. The molecule has 7 nitrogen and oxygen atoms in total. The smallest absolute Gasteiger partial charge is 0.101 e. The monoisotopic (exact) mass is 347 g/mol. The van der Waals surface area contributed by atoms with Crippen LogP contribution in [0.25, 0.3) is 0 Å². The van der Waals surface area contributed by atoms with Crippen molar-refractivity contribution in [2.24, 2.45) is 0 Å². The normalized spacial score (nSPS) is 20.7. The van der Waals surface area contributed by atoms with Crippen LogP contribution in [0, 0.1) is 6.92 Å². The zero-order valence-electron chi connectivity index (χ0n) is 15.6. The fourth-order valence-electron chi connectivity index (χ4n) is 3.16. The van der Waals surface area contributed by atoms with Gasteiger partial charge in [-0.05, 0) is 27.2 Å². The van der Waals surface area contributed by atoms with E-state index in [4.69, 9.17) is 9.47 Å². The molecule has 2 aromatic heterocycles. The summed E-state index contributed by atoms with van der Waals surface area (Å²) in [6.45, 7) is 9.36. The van der Waals surface area contributed by atoms with Gasteiger partial charge in [0.25, 0.3) is 0 Å². The minimum atomic E-state index is 0.0525. The Morgan fingerprint density at radius 1 is 1.40 bits per heavy atom. The molecule has 1 saturated heterocycles. The summed E-state index contributed by atoms with van der Waals surface area (Å²) in [5.41, 5.74) is 3.46. The first-order valence-corrected chi connectivity index (χ1v) is 8.99. The van der Waals surface area contributed by atoms with Crippen LogP contribution < -0.4 is 5.32 Å². The molecule has 25 heavy (non-hydrogen) atoms. The molecule has 1 aliphatic rings. The fraction of sp³-hybridized carbons (Fsp3) is 0.667. The van der Waals surface area contributed by atoms with Gasteiger partial charge in [0.05, 0.1) is 25.0 Å². The lowest BCUT2D eigenvalue weighted by Gasteiger charge is -2.18. The Hall–Kier alpha value is -1.70. The van der Waals surface area contributed by atoms with Crippen LogP contribution in [0.2, 0.25) is 0 Å². The first-order valence-electron chi connectivity index (χ1n) is 8.99. The van der Waals surface area contributed by atoms with E-state index in [1.165, 1.54) is 5.56 Å². The van der Waals surface area contributed by atoms with Crippen LogP contribution in [-0.2, 0) is 22.6 Å². The van der Waals surface area contributed by atoms with Crippen LogP contribution in [0.5, 0.6) is 0 Å². The van der Waals surface area contributed by atoms with Crippen molar-refractivity contribution in [1.82, 2.24) is 24.9 Å². The number of hydrogen-bond acceptors (Lipinski definition) is 5. The lowest BCUT2D eigenvalue weighted by molar-refractivity contribution is 0.0983. The van der Waals surface area contributed by atoms with Crippen molar-refractivity contribution in [1.29, 1.82) is 0 Å². The summed E-state index contributed by atoms with van der Waals surface area (Å²) in [6.07, 6.45) is 7.16. The number of nitrogens with zero attached hydrogens (tertiary/aromatic N) is 4. The lowest BCUT2D eigenvalue weighted by atomic mass is 10.1. The van der Waals surface area contributed by atoms with Crippen molar-refractivity contribution in [2.45, 2.75) is 58.5 Å².